The highest BCUT2D eigenvalue weighted by molar-refractivity contribution is 6.42. The van der Waals surface area contributed by atoms with Crippen molar-refractivity contribution < 1.29 is 4.79 Å². The van der Waals surface area contributed by atoms with Crippen LogP contribution >= 0.6 is 23.2 Å². The highest BCUT2D eigenvalue weighted by Gasteiger charge is 2.22. The number of benzene rings is 1. The van der Waals surface area contributed by atoms with Gasteiger partial charge in [-0.25, -0.2) is 0 Å². The van der Waals surface area contributed by atoms with Crippen LogP contribution in [0.15, 0.2) is 18.2 Å². The fraction of sp³-hybridized carbons (Fsp3) is 0.533. The van der Waals surface area contributed by atoms with Crippen LogP contribution in [0.1, 0.15) is 25.8 Å². The van der Waals surface area contributed by atoms with E-state index in [0.717, 1.165) is 12.0 Å². The quantitative estimate of drug-likeness (QED) is 0.872. The lowest BCUT2D eigenvalue weighted by atomic mass is 9.96. The van der Waals surface area contributed by atoms with Crippen molar-refractivity contribution in [3.05, 3.63) is 33.8 Å². The van der Waals surface area contributed by atoms with Crippen molar-refractivity contribution >= 4 is 29.1 Å². The smallest absolute Gasteiger partial charge is 0.227 e. The fourth-order valence-corrected chi connectivity index (χ4v) is 2.56. The summed E-state index contributed by atoms with van der Waals surface area (Å²) in [6, 6.07) is 5.44. The van der Waals surface area contributed by atoms with Crippen LogP contribution in [0.4, 0.5) is 0 Å². The molecule has 1 rings (SSSR count). The number of nitrogens with zero attached hydrogens (tertiary/aromatic N) is 1. The number of rotatable bonds is 6. The molecule has 0 fully saturated rings. The van der Waals surface area contributed by atoms with E-state index in [0.29, 0.717) is 29.1 Å². The summed E-state index contributed by atoms with van der Waals surface area (Å²) in [4.78, 5) is 14.0. The number of nitrogens with two attached hydrogens (primary N) is 1. The zero-order valence-corrected chi connectivity index (χ0v) is 13.7. The van der Waals surface area contributed by atoms with Gasteiger partial charge >= 0.3 is 0 Å². The van der Waals surface area contributed by atoms with E-state index in [4.69, 9.17) is 28.9 Å². The van der Waals surface area contributed by atoms with Crippen molar-refractivity contribution in [1.29, 1.82) is 0 Å². The van der Waals surface area contributed by atoms with E-state index in [1.54, 1.807) is 18.0 Å². The summed E-state index contributed by atoms with van der Waals surface area (Å²) in [5.74, 6) is 0.353. The lowest BCUT2D eigenvalue weighted by Gasteiger charge is -2.24. The molecule has 5 heteroatoms. The normalized spacial score (nSPS) is 12.6. The Morgan fingerprint density at radius 2 is 2.00 bits per heavy atom. The van der Waals surface area contributed by atoms with Gasteiger partial charge in [-0.2, -0.15) is 0 Å². The van der Waals surface area contributed by atoms with Gasteiger partial charge in [-0.1, -0.05) is 49.2 Å². The summed E-state index contributed by atoms with van der Waals surface area (Å²) < 4.78 is 0. The van der Waals surface area contributed by atoms with Gasteiger partial charge in [0, 0.05) is 20.1 Å². The minimum atomic E-state index is -0.141. The van der Waals surface area contributed by atoms with Crippen molar-refractivity contribution in [3.8, 4) is 0 Å². The van der Waals surface area contributed by atoms with Crippen LogP contribution in [-0.4, -0.2) is 24.4 Å². The molecule has 0 heterocycles. The van der Waals surface area contributed by atoms with Crippen molar-refractivity contribution in [2.45, 2.75) is 26.8 Å². The Morgan fingerprint density at radius 1 is 1.35 bits per heavy atom. The SMILES string of the molecule is CC(C)CC(CN)C(=O)N(C)Cc1cccc(Cl)c1Cl. The lowest BCUT2D eigenvalue weighted by molar-refractivity contribution is -0.134. The average Bonchev–Trinajstić information content (AvgIpc) is 2.40. The number of carbonyl (C=O) groups excluding carboxylic acids is 1. The first-order valence-electron chi connectivity index (χ1n) is 6.74. The van der Waals surface area contributed by atoms with Gasteiger partial charge in [0.25, 0.3) is 0 Å². The van der Waals surface area contributed by atoms with Crippen molar-refractivity contribution in [2.75, 3.05) is 13.6 Å². The maximum absolute atomic E-state index is 12.4. The lowest BCUT2D eigenvalue weighted by Crippen LogP contribution is -2.37. The van der Waals surface area contributed by atoms with Crippen LogP contribution in [0.5, 0.6) is 0 Å². The van der Waals surface area contributed by atoms with Crippen LogP contribution in [0.3, 0.4) is 0 Å². The molecule has 0 spiro atoms. The summed E-state index contributed by atoms with van der Waals surface area (Å²) in [6.07, 6.45) is 0.795. The Kier molecular flexibility index (Phi) is 6.80. The summed E-state index contributed by atoms with van der Waals surface area (Å²) in [7, 11) is 1.77. The molecule has 0 aliphatic carbocycles. The number of amides is 1. The number of hydrogen-bond acceptors (Lipinski definition) is 2. The average molecular weight is 317 g/mol. The second-order valence-corrected chi connectivity index (χ2v) is 6.25. The summed E-state index contributed by atoms with van der Waals surface area (Å²) in [6.45, 7) is 4.98. The fourth-order valence-electron chi connectivity index (χ4n) is 2.18. The molecule has 2 N–H and O–H groups in total. The third-order valence-electron chi connectivity index (χ3n) is 3.20. The monoisotopic (exact) mass is 316 g/mol. The van der Waals surface area contributed by atoms with E-state index >= 15 is 0 Å². The Morgan fingerprint density at radius 3 is 2.55 bits per heavy atom. The molecule has 0 aromatic heterocycles. The predicted molar refractivity (Wildman–Crippen MR) is 84.9 cm³/mol. The first-order valence-corrected chi connectivity index (χ1v) is 7.50. The Bertz CT molecular complexity index is 463. The summed E-state index contributed by atoms with van der Waals surface area (Å²) in [5.41, 5.74) is 6.56. The van der Waals surface area contributed by atoms with Gasteiger partial charge < -0.3 is 10.6 Å². The van der Waals surface area contributed by atoms with Crippen LogP contribution in [0.2, 0.25) is 10.0 Å². The maximum atomic E-state index is 12.4. The molecular formula is C15H22Cl2N2O. The van der Waals surface area contributed by atoms with Crippen LogP contribution in [-0.2, 0) is 11.3 Å². The van der Waals surface area contributed by atoms with E-state index in [1.807, 2.05) is 12.1 Å². The minimum absolute atomic E-state index is 0.0530. The van der Waals surface area contributed by atoms with Gasteiger partial charge in [0.1, 0.15) is 0 Å². The van der Waals surface area contributed by atoms with E-state index in [1.165, 1.54) is 0 Å². The molecule has 1 aromatic carbocycles. The molecule has 1 aromatic rings. The standard InChI is InChI=1S/C15H22Cl2N2O/c1-10(2)7-12(8-18)15(20)19(3)9-11-5-4-6-13(16)14(11)17/h4-6,10,12H,7-9,18H2,1-3H3. The molecule has 0 aliphatic heterocycles. The van der Waals surface area contributed by atoms with Crippen molar-refractivity contribution in [3.63, 3.8) is 0 Å². The Labute approximate surface area is 131 Å². The molecule has 1 amide bonds. The molecule has 0 radical (unpaired) electrons. The molecule has 1 unspecified atom stereocenters. The van der Waals surface area contributed by atoms with Gasteiger partial charge in [-0.15, -0.1) is 0 Å². The van der Waals surface area contributed by atoms with Crippen molar-refractivity contribution in [1.82, 2.24) is 4.90 Å². The largest absolute Gasteiger partial charge is 0.341 e. The van der Waals surface area contributed by atoms with Gasteiger partial charge in [0.05, 0.1) is 16.0 Å². The third-order valence-corrected chi connectivity index (χ3v) is 4.06. The molecule has 0 saturated heterocycles. The predicted octanol–water partition coefficient (Wildman–Crippen LogP) is 3.57. The van der Waals surface area contributed by atoms with Gasteiger partial charge in [0.2, 0.25) is 5.91 Å². The highest BCUT2D eigenvalue weighted by atomic mass is 35.5. The van der Waals surface area contributed by atoms with E-state index < -0.39 is 0 Å². The van der Waals surface area contributed by atoms with Crippen LogP contribution in [0.25, 0.3) is 0 Å². The van der Waals surface area contributed by atoms with Gasteiger partial charge in [-0.3, -0.25) is 4.79 Å². The topological polar surface area (TPSA) is 46.3 Å². The zero-order valence-electron chi connectivity index (χ0n) is 12.2. The molecule has 0 saturated carbocycles. The summed E-state index contributed by atoms with van der Waals surface area (Å²) >= 11 is 12.1. The zero-order chi connectivity index (χ0) is 15.3. The molecule has 0 bridgehead atoms. The van der Waals surface area contributed by atoms with Crippen LogP contribution in [0, 0.1) is 11.8 Å². The molecule has 3 nitrogen and oxygen atoms in total. The molecule has 1 atom stereocenters. The number of hydrogen-bond donors (Lipinski definition) is 1. The van der Waals surface area contributed by atoms with Crippen LogP contribution < -0.4 is 5.73 Å². The van der Waals surface area contributed by atoms with Gasteiger partial charge in [-0.05, 0) is 24.0 Å². The Balaban J connectivity index is 2.76. The van der Waals surface area contributed by atoms with Gasteiger partial charge in [0.15, 0.2) is 0 Å². The third kappa shape index (κ3) is 4.65. The second-order valence-electron chi connectivity index (χ2n) is 5.47. The van der Waals surface area contributed by atoms with E-state index in [9.17, 15) is 4.79 Å². The highest BCUT2D eigenvalue weighted by Crippen LogP contribution is 2.26. The molecule has 112 valence electrons. The number of carbonyl (C=O) groups is 1. The van der Waals surface area contributed by atoms with E-state index in [2.05, 4.69) is 13.8 Å². The molecule has 20 heavy (non-hydrogen) atoms. The molecule has 0 aliphatic rings. The molecular weight excluding hydrogens is 295 g/mol. The number of halogens is 2. The van der Waals surface area contributed by atoms with E-state index in [-0.39, 0.29) is 11.8 Å². The first-order chi connectivity index (χ1) is 9.36. The minimum Gasteiger partial charge on any atom is -0.341 e. The maximum Gasteiger partial charge on any atom is 0.227 e. The second kappa shape index (κ2) is 7.87. The summed E-state index contributed by atoms with van der Waals surface area (Å²) in [5, 5.41) is 1.00. The Hall–Kier alpha value is -0.770. The van der Waals surface area contributed by atoms with Crippen molar-refractivity contribution in [2.24, 2.45) is 17.6 Å². The first kappa shape index (κ1) is 17.3.